The molecule has 1 aromatic rings. The van der Waals surface area contributed by atoms with Crippen LogP contribution in [0.15, 0.2) is 23.1 Å². The van der Waals surface area contributed by atoms with Crippen molar-refractivity contribution in [1.29, 1.82) is 0 Å². The molecule has 84 valence electrons. The number of nitrogens with zero attached hydrogens (tertiary/aromatic N) is 1. The summed E-state index contributed by atoms with van der Waals surface area (Å²) in [6, 6.07) is 2.88. The van der Waals surface area contributed by atoms with E-state index in [1.165, 1.54) is 17.2 Å². The minimum absolute atomic E-state index is 0.133. The molecule has 6 heteroatoms. The van der Waals surface area contributed by atoms with E-state index in [1.54, 1.807) is 6.07 Å². The predicted molar refractivity (Wildman–Crippen MR) is 56.7 cm³/mol. The van der Waals surface area contributed by atoms with E-state index in [2.05, 4.69) is 4.98 Å². The largest absolute Gasteiger partial charge is 0.369 e. The zero-order valence-electron chi connectivity index (χ0n) is 8.47. The van der Waals surface area contributed by atoms with E-state index in [0.717, 1.165) is 0 Å². The van der Waals surface area contributed by atoms with Gasteiger partial charge in [0.2, 0.25) is 17.4 Å². The van der Waals surface area contributed by atoms with Crippen molar-refractivity contribution in [2.75, 3.05) is 11.4 Å². The van der Waals surface area contributed by atoms with Gasteiger partial charge in [-0.1, -0.05) is 0 Å². The first-order chi connectivity index (χ1) is 7.58. The molecule has 2 amide bonds. The fourth-order valence-corrected chi connectivity index (χ4v) is 1.72. The quantitative estimate of drug-likeness (QED) is 0.685. The van der Waals surface area contributed by atoms with Gasteiger partial charge in [0.1, 0.15) is 0 Å². The molecule has 1 fully saturated rings. The number of H-pyrrole nitrogens is 1. The minimum Gasteiger partial charge on any atom is -0.369 e. The van der Waals surface area contributed by atoms with Crippen molar-refractivity contribution >= 4 is 17.5 Å². The molecule has 1 unspecified atom stereocenters. The topological polar surface area (TPSA) is 96.3 Å². The Labute approximate surface area is 91.1 Å². The third kappa shape index (κ3) is 1.81. The molecule has 0 spiro atoms. The van der Waals surface area contributed by atoms with Gasteiger partial charge in [0.25, 0.3) is 0 Å². The Balaban J connectivity index is 2.23. The molecule has 0 saturated carbocycles. The van der Waals surface area contributed by atoms with Crippen LogP contribution in [-0.2, 0) is 9.59 Å². The van der Waals surface area contributed by atoms with Gasteiger partial charge >= 0.3 is 0 Å². The van der Waals surface area contributed by atoms with E-state index < -0.39 is 11.8 Å². The highest BCUT2D eigenvalue weighted by Crippen LogP contribution is 2.23. The van der Waals surface area contributed by atoms with Crippen LogP contribution >= 0.6 is 0 Å². The lowest BCUT2D eigenvalue weighted by Gasteiger charge is -2.15. The standard InChI is InChI=1S/C10H11N3O3/c11-10(16)6-3-9(15)13(5-6)7-1-2-8(14)12-4-7/h1-2,4,6H,3,5H2,(H2,11,16)(H,12,14). The fraction of sp³-hybridized carbons (Fsp3) is 0.300. The average molecular weight is 221 g/mol. The van der Waals surface area contributed by atoms with Crippen molar-refractivity contribution in [3.05, 3.63) is 28.7 Å². The van der Waals surface area contributed by atoms with Crippen LogP contribution in [0.3, 0.4) is 0 Å². The second kappa shape index (κ2) is 3.80. The molecular weight excluding hydrogens is 210 g/mol. The molecule has 1 atom stereocenters. The lowest BCUT2D eigenvalue weighted by atomic mass is 10.1. The summed E-state index contributed by atoms with van der Waals surface area (Å²) in [6.45, 7) is 0.278. The Kier molecular flexibility index (Phi) is 2.47. The molecule has 1 aromatic heterocycles. The van der Waals surface area contributed by atoms with Gasteiger partial charge in [-0.3, -0.25) is 14.4 Å². The van der Waals surface area contributed by atoms with E-state index in [1.807, 2.05) is 0 Å². The molecule has 1 aliphatic heterocycles. The number of anilines is 1. The Morgan fingerprint density at radius 3 is 2.69 bits per heavy atom. The van der Waals surface area contributed by atoms with Crippen LogP contribution in [0.1, 0.15) is 6.42 Å². The van der Waals surface area contributed by atoms with E-state index in [0.29, 0.717) is 5.69 Å². The van der Waals surface area contributed by atoms with Gasteiger partial charge in [0.05, 0.1) is 11.6 Å². The lowest BCUT2D eigenvalue weighted by molar-refractivity contribution is -0.123. The summed E-state index contributed by atoms with van der Waals surface area (Å²) < 4.78 is 0. The summed E-state index contributed by atoms with van der Waals surface area (Å²) in [5.41, 5.74) is 5.49. The number of hydrogen-bond acceptors (Lipinski definition) is 3. The molecule has 0 radical (unpaired) electrons. The maximum atomic E-state index is 11.6. The lowest BCUT2D eigenvalue weighted by Crippen LogP contribution is -2.28. The van der Waals surface area contributed by atoms with Gasteiger partial charge in [-0.25, -0.2) is 0 Å². The van der Waals surface area contributed by atoms with Crippen LogP contribution in [0, 0.1) is 5.92 Å². The molecule has 1 saturated heterocycles. The Morgan fingerprint density at radius 1 is 1.44 bits per heavy atom. The van der Waals surface area contributed by atoms with Crippen molar-refractivity contribution < 1.29 is 9.59 Å². The molecule has 3 N–H and O–H groups in total. The number of nitrogens with one attached hydrogen (secondary N) is 1. The van der Waals surface area contributed by atoms with Crippen molar-refractivity contribution in [3.63, 3.8) is 0 Å². The highest BCUT2D eigenvalue weighted by atomic mass is 16.2. The van der Waals surface area contributed by atoms with Gasteiger partial charge in [-0.2, -0.15) is 0 Å². The normalized spacial score (nSPS) is 20.1. The smallest absolute Gasteiger partial charge is 0.248 e. The predicted octanol–water partition coefficient (Wildman–Crippen LogP) is -0.787. The number of hydrogen-bond donors (Lipinski definition) is 2. The summed E-state index contributed by atoms with van der Waals surface area (Å²) >= 11 is 0. The van der Waals surface area contributed by atoms with E-state index in [9.17, 15) is 14.4 Å². The van der Waals surface area contributed by atoms with E-state index in [-0.39, 0.29) is 24.4 Å². The number of pyridine rings is 1. The molecule has 16 heavy (non-hydrogen) atoms. The summed E-state index contributed by atoms with van der Waals surface area (Å²) in [5, 5.41) is 0. The van der Waals surface area contributed by atoms with Crippen LogP contribution in [0.2, 0.25) is 0 Å². The number of carbonyl (C=O) groups excluding carboxylic acids is 2. The van der Waals surface area contributed by atoms with Crippen molar-refractivity contribution in [2.45, 2.75) is 6.42 Å². The first-order valence-electron chi connectivity index (χ1n) is 4.86. The molecule has 0 aromatic carbocycles. The highest BCUT2D eigenvalue weighted by molar-refractivity contribution is 5.99. The summed E-state index contributed by atoms with van der Waals surface area (Å²) in [5.74, 6) is -1.07. The Bertz CT molecular complexity index is 474. The Hall–Kier alpha value is -2.11. The maximum absolute atomic E-state index is 11.6. The molecule has 0 aliphatic carbocycles. The second-order valence-corrected chi connectivity index (χ2v) is 3.72. The third-order valence-corrected chi connectivity index (χ3v) is 2.61. The van der Waals surface area contributed by atoms with Crippen LogP contribution in [-0.4, -0.2) is 23.3 Å². The van der Waals surface area contributed by atoms with E-state index >= 15 is 0 Å². The zero-order valence-corrected chi connectivity index (χ0v) is 8.47. The molecule has 0 bridgehead atoms. The minimum atomic E-state index is -0.472. The van der Waals surface area contributed by atoms with Crippen LogP contribution in [0.5, 0.6) is 0 Å². The zero-order chi connectivity index (χ0) is 11.7. The number of rotatable bonds is 2. The van der Waals surface area contributed by atoms with Crippen molar-refractivity contribution in [3.8, 4) is 0 Å². The van der Waals surface area contributed by atoms with Crippen molar-refractivity contribution in [1.82, 2.24) is 4.98 Å². The molecule has 6 nitrogen and oxygen atoms in total. The number of amides is 2. The number of aromatic amines is 1. The fourth-order valence-electron chi connectivity index (χ4n) is 1.72. The highest BCUT2D eigenvalue weighted by Gasteiger charge is 2.33. The summed E-state index contributed by atoms with van der Waals surface area (Å²) in [4.78, 5) is 37.3. The first kappa shape index (κ1) is 10.4. The SMILES string of the molecule is NC(=O)C1CC(=O)N(c2ccc(=O)[nH]c2)C1. The first-order valence-corrected chi connectivity index (χ1v) is 4.86. The molecule has 2 rings (SSSR count). The number of primary amides is 1. The monoisotopic (exact) mass is 221 g/mol. The Morgan fingerprint density at radius 2 is 2.19 bits per heavy atom. The summed E-state index contributed by atoms with van der Waals surface area (Å²) in [6.07, 6.45) is 1.58. The number of carbonyl (C=O) groups is 2. The van der Waals surface area contributed by atoms with Gasteiger partial charge < -0.3 is 15.6 Å². The maximum Gasteiger partial charge on any atom is 0.248 e. The molecule has 1 aliphatic rings. The molecule has 2 heterocycles. The van der Waals surface area contributed by atoms with Crippen LogP contribution in [0.4, 0.5) is 5.69 Å². The molecular formula is C10H11N3O3. The van der Waals surface area contributed by atoms with Gasteiger partial charge in [0.15, 0.2) is 0 Å². The van der Waals surface area contributed by atoms with Gasteiger partial charge in [0, 0.05) is 25.2 Å². The number of aromatic nitrogens is 1. The number of nitrogens with two attached hydrogens (primary N) is 1. The van der Waals surface area contributed by atoms with Crippen molar-refractivity contribution in [2.24, 2.45) is 11.7 Å². The average Bonchev–Trinajstić information content (AvgIpc) is 2.62. The second-order valence-electron chi connectivity index (χ2n) is 3.72. The van der Waals surface area contributed by atoms with Gasteiger partial charge in [-0.15, -0.1) is 0 Å². The summed E-state index contributed by atoms with van der Waals surface area (Å²) in [7, 11) is 0. The van der Waals surface area contributed by atoms with Gasteiger partial charge in [-0.05, 0) is 6.07 Å². The van der Waals surface area contributed by atoms with Crippen LogP contribution in [0.25, 0.3) is 0 Å². The van der Waals surface area contributed by atoms with Crippen LogP contribution < -0.4 is 16.2 Å². The third-order valence-electron chi connectivity index (χ3n) is 2.61. The van der Waals surface area contributed by atoms with E-state index in [4.69, 9.17) is 5.73 Å².